The molecule has 1 aliphatic heterocycles. The van der Waals surface area contributed by atoms with Crippen LogP contribution in [0.4, 0.5) is 0 Å². The summed E-state index contributed by atoms with van der Waals surface area (Å²) in [6.45, 7) is 1.92. The molecule has 2 rings (SSSR count). The number of aliphatic carboxylic acids is 1. The lowest BCUT2D eigenvalue weighted by atomic mass is 10.2. The van der Waals surface area contributed by atoms with E-state index in [9.17, 15) is 13.2 Å². The molecule has 1 saturated heterocycles. The molecule has 1 aromatic heterocycles. The highest BCUT2D eigenvalue weighted by Gasteiger charge is 2.40. The van der Waals surface area contributed by atoms with E-state index in [1.807, 2.05) is 0 Å². The van der Waals surface area contributed by atoms with E-state index >= 15 is 0 Å². The summed E-state index contributed by atoms with van der Waals surface area (Å²) in [6, 6.07) is -0.975. The first-order chi connectivity index (χ1) is 8.34. The van der Waals surface area contributed by atoms with E-state index < -0.39 is 22.0 Å². The van der Waals surface area contributed by atoms with Crippen LogP contribution in [-0.2, 0) is 21.9 Å². The number of aromatic nitrogens is 2. The summed E-state index contributed by atoms with van der Waals surface area (Å²) >= 11 is 0. The average molecular weight is 273 g/mol. The van der Waals surface area contributed by atoms with Gasteiger partial charge in [0.05, 0.1) is 0 Å². The predicted molar refractivity (Wildman–Crippen MR) is 62.5 cm³/mol. The molecule has 0 radical (unpaired) electrons. The third-order valence-corrected chi connectivity index (χ3v) is 4.93. The largest absolute Gasteiger partial charge is 0.480 e. The predicted octanol–water partition coefficient (Wildman–Crippen LogP) is -0.0338. The van der Waals surface area contributed by atoms with Crippen molar-refractivity contribution in [3.05, 3.63) is 12.0 Å². The van der Waals surface area contributed by atoms with E-state index in [0.717, 1.165) is 4.31 Å². The monoisotopic (exact) mass is 273 g/mol. The van der Waals surface area contributed by atoms with Crippen molar-refractivity contribution in [1.82, 2.24) is 13.9 Å². The maximum atomic E-state index is 12.3. The fourth-order valence-electron chi connectivity index (χ4n) is 2.05. The van der Waals surface area contributed by atoms with Gasteiger partial charge in [-0.1, -0.05) is 0 Å². The highest BCUT2D eigenvalue weighted by Crippen LogP contribution is 2.25. The number of carboxylic acids is 1. The molecule has 8 heteroatoms. The molecular formula is C10H15N3O4S. The van der Waals surface area contributed by atoms with Crippen LogP contribution < -0.4 is 0 Å². The van der Waals surface area contributed by atoms with Gasteiger partial charge >= 0.3 is 5.97 Å². The lowest BCUT2D eigenvalue weighted by Crippen LogP contribution is -2.40. The maximum absolute atomic E-state index is 12.3. The third-order valence-electron chi connectivity index (χ3n) is 3.15. The fraction of sp³-hybridized carbons (Fsp3) is 0.600. The molecule has 7 nitrogen and oxygen atoms in total. The summed E-state index contributed by atoms with van der Waals surface area (Å²) in [7, 11) is -2.12. The molecular weight excluding hydrogens is 258 g/mol. The van der Waals surface area contributed by atoms with Crippen LogP contribution in [0.2, 0.25) is 0 Å². The van der Waals surface area contributed by atoms with Crippen LogP contribution in [0.3, 0.4) is 0 Å². The Morgan fingerprint density at radius 1 is 1.56 bits per heavy atom. The second-order valence-electron chi connectivity index (χ2n) is 4.35. The number of aryl methyl sites for hydroxylation is 2. The van der Waals surface area contributed by atoms with Gasteiger partial charge in [0.25, 0.3) is 10.0 Å². The summed E-state index contributed by atoms with van der Waals surface area (Å²) in [5.74, 6) is -0.539. The van der Waals surface area contributed by atoms with Gasteiger partial charge in [0.15, 0.2) is 5.03 Å². The molecule has 18 heavy (non-hydrogen) atoms. The molecule has 0 bridgehead atoms. The van der Waals surface area contributed by atoms with Crippen LogP contribution in [0.1, 0.15) is 18.7 Å². The van der Waals surface area contributed by atoms with E-state index in [2.05, 4.69) is 4.98 Å². The molecule has 1 fully saturated rings. The molecule has 0 spiro atoms. The van der Waals surface area contributed by atoms with Crippen LogP contribution in [0.25, 0.3) is 0 Å². The van der Waals surface area contributed by atoms with Gasteiger partial charge in [0, 0.05) is 19.8 Å². The Labute approximate surface area is 105 Å². The molecule has 0 unspecified atom stereocenters. The molecule has 0 aliphatic carbocycles. The molecule has 1 N–H and O–H groups in total. The Morgan fingerprint density at radius 2 is 2.22 bits per heavy atom. The minimum atomic E-state index is -3.81. The number of rotatable bonds is 3. The summed E-state index contributed by atoms with van der Waals surface area (Å²) < 4.78 is 27.2. The first kappa shape index (κ1) is 13.0. The standard InChI is InChI=1S/C10H15N3O4S/c1-7-11-9(6-12(7)2)18(16,17)13-5-3-4-8(13)10(14)15/h6,8H,3-5H2,1-2H3,(H,14,15)/t8-/m1/s1. The van der Waals surface area contributed by atoms with Crippen molar-refractivity contribution in [2.45, 2.75) is 30.8 Å². The van der Waals surface area contributed by atoms with E-state index in [0.29, 0.717) is 18.7 Å². The Kier molecular flexibility index (Phi) is 3.16. The van der Waals surface area contributed by atoms with Crippen LogP contribution in [0, 0.1) is 6.92 Å². The van der Waals surface area contributed by atoms with Crippen molar-refractivity contribution < 1.29 is 18.3 Å². The molecule has 100 valence electrons. The molecule has 0 saturated carbocycles. The van der Waals surface area contributed by atoms with Gasteiger partial charge in [0.1, 0.15) is 11.9 Å². The normalized spacial score (nSPS) is 21.3. The third kappa shape index (κ3) is 2.01. The Bertz CT molecular complexity index is 558. The summed E-state index contributed by atoms with van der Waals surface area (Å²) in [5, 5.41) is 8.93. The Morgan fingerprint density at radius 3 is 2.72 bits per heavy atom. The minimum absolute atomic E-state index is 0.0874. The lowest BCUT2D eigenvalue weighted by molar-refractivity contribution is -0.140. The Balaban J connectivity index is 2.39. The maximum Gasteiger partial charge on any atom is 0.322 e. The van der Waals surface area contributed by atoms with Crippen LogP contribution in [0.15, 0.2) is 11.2 Å². The highest BCUT2D eigenvalue weighted by molar-refractivity contribution is 7.89. The van der Waals surface area contributed by atoms with E-state index in [-0.39, 0.29) is 11.6 Å². The number of carbonyl (C=O) groups is 1. The van der Waals surface area contributed by atoms with Gasteiger partial charge in [-0.15, -0.1) is 0 Å². The summed E-state index contributed by atoms with van der Waals surface area (Å²) in [5.41, 5.74) is 0. The van der Waals surface area contributed by atoms with Gasteiger partial charge in [-0.05, 0) is 19.8 Å². The second-order valence-corrected chi connectivity index (χ2v) is 6.19. The number of sulfonamides is 1. The smallest absolute Gasteiger partial charge is 0.322 e. The van der Waals surface area contributed by atoms with Crippen LogP contribution >= 0.6 is 0 Å². The SMILES string of the molecule is Cc1nc(S(=O)(=O)N2CCC[C@@H]2C(=O)O)cn1C. The molecule has 1 aromatic rings. The first-order valence-electron chi connectivity index (χ1n) is 5.58. The number of imidazole rings is 1. The molecule has 2 heterocycles. The summed E-state index contributed by atoms with van der Waals surface area (Å²) in [6.07, 6.45) is 2.31. The highest BCUT2D eigenvalue weighted by atomic mass is 32.2. The van der Waals surface area contributed by atoms with Crippen molar-refractivity contribution in [2.24, 2.45) is 7.05 Å². The summed E-state index contributed by atoms with van der Waals surface area (Å²) in [4.78, 5) is 15.0. The van der Waals surface area contributed by atoms with Crippen molar-refractivity contribution in [2.75, 3.05) is 6.54 Å². The minimum Gasteiger partial charge on any atom is -0.480 e. The van der Waals surface area contributed by atoms with E-state index in [1.165, 1.54) is 6.20 Å². The number of hydrogen-bond acceptors (Lipinski definition) is 4. The average Bonchev–Trinajstić information content (AvgIpc) is 2.87. The van der Waals surface area contributed by atoms with Crippen molar-refractivity contribution in [3.63, 3.8) is 0 Å². The molecule has 1 atom stereocenters. The number of carboxylic acid groups (broad SMARTS) is 1. The zero-order valence-corrected chi connectivity index (χ0v) is 11.0. The van der Waals surface area contributed by atoms with Crippen LogP contribution in [0.5, 0.6) is 0 Å². The van der Waals surface area contributed by atoms with Gasteiger partial charge in [-0.2, -0.15) is 4.31 Å². The van der Waals surface area contributed by atoms with Crippen molar-refractivity contribution in [1.29, 1.82) is 0 Å². The van der Waals surface area contributed by atoms with Crippen molar-refractivity contribution >= 4 is 16.0 Å². The van der Waals surface area contributed by atoms with Gasteiger partial charge in [-0.3, -0.25) is 4.79 Å². The topological polar surface area (TPSA) is 92.5 Å². The van der Waals surface area contributed by atoms with E-state index in [1.54, 1.807) is 18.5 Å². The van der Waals surface area contributed by atoms with E-state index in [4.69, 9.17) is 5.11 Å². The molecule has 0 amide bonds. The van der Waals surface area contributed by atoms with Gasteiger partial charge in [0.2, 0.25) is 0 Å². The molecule has 0 aromatic carbocycles. The van der Waals surface area contributed by atoms with Crippen molar-refractivity contribution in [3.8, 4) is 0 Å². The molecule has 1 aliphatic rings. The lowest BCUT2D eigenvalue weighted by Gasteiger charge is -2.19. The quantitative estimate of drug-likeness (QED) is 0.834. The first-order valence-corrected chi connectivity index (χ1v) is 7.02. The van der Waals surface area contributed by atoms with Crippen LogP contribution in [-0.4, -0.2) is 45.9 Å². The number of nitrogens with zero attached hydrogens (tertiary/aromatic N) is 3. The zero-order valence-electron chi connectivity index (χ0n) is 10.2. The van der Waals surface area contributed by atoms with Gasteiger partial charge < -0.3 is 9.67 Å². The van der Waals surface area contributed by atoms with Gasteiger partial charge in [-0.25, -0.2) is 13.4 Å². The second kappa shape index (κ2) is 4.36. The fourth-order valence-corrected chi connectivity index (χ4v) is 3.72. The Hall–Kier alpha value is -1.41. The number of hydrogen-bond donors (Lipinski definition) is 1. The zero-order chi connectivity index (χ0) is 13.5.